The van der Waals surface area contributed by atoms with Crippen LogP contribution in [0, 0.1) is 5.21 Å². The van der Waals surface area contributed by atoms with Gasteiger partial charge in [-0.3, -0.25) is 5.59 Å². The van der Waals surface area contributed by atoms with E-state index in [4.69, 9.17) is 0 Å². The van der Waals surface area contributed by atoms with E-state index < -0.39 is 62.6 Å². The summed E-state index contributed by atoms with van der Waals surface area (Å²) in [5.74, 6) is -52.0. The van der Waals surface area contributed by atoms with Crippen LogP contribution < -0.4 is 10.4 Å². The third-order valence-corrected chi connectivity index (χ3v) is 4.57. The quantitative estimate of drug-likeness (QED) is 0.273. The lowest BCUT2D eigenvalue weighted by molar-refractivity contribution is -0.627. The lowest BCUT2D eigenvalue weighted by Gasteiger charge is -2.42. The molecule has 0 bridgehead atoms. The molecule has 0 aliphatic rings. The van der Waals surface area contributed by atoms with E-state index in [1.54, 1.807) is 0 Å². The zero-order chi connectivity index (χ0) is 25.9. The molecule has 0 atom stereocenters. The molecular weight excluding hydrogens is 527 g/mol. The highest BCUT2D eigenvalue weighted by Gasteiger charge is 2.96. The molecule has 0 fully saturated rings. The van der Waals surface area contributed by atoms with E-state index in [9.17, 15) is 88.3 Å². The van der Waals surface area contributed by atoms with Crippen molar-refractivity contribution in [1.29, 1.82) is 0 Å². The molecule has 0 aliphatic carbocycles. The Hall–Kier alpha value is -1.36. The third kappa shape index (κ3) is 3.65. The van der Waals surface area contributed by atoms with Crippen LogP contribution in [-0.2, 0) is 10.0 Å². The highest BCUT2D eigenvalue weighted by Crippen LogP contribution is 2.64. The van der Waals surface area contributed by atoms with E-state index in [0.29, 0.717) is 0 Å². The Morgan fingerprint density at radius 1 is 0.516 bits per heavy atom. The molecule has 0 amide bonds. The van der Waals surface area contributed by atoms with Gasteiger partial charge in [-0.25, -0.2) is 8.42 Å². The van der Waals surface area contributed by atoms with E-state index in [1.165, 1.54) is 0 Å². The number of hydrogen-bond donors (Lipinski definition) is 2. The van der Waals surface area contributed by atoms with Crippen LogP contribution in [0.15, 0.2) is 0 Å². The molecule has 3 N–H and O–H groups in total. The van der Waals surface area contributed by atoms with Gasteiger partial charge in [0.25, 0.3) is 0 Å². The van der Waals surface area contributed by atoms with Gasteiger partial charge in [0.15, 0.2) is 0 Å². The highest BCUT2D eigenvalue weighted by atomic mass is 32.2. The van der Waals surface area contributed by atoms with Crippen molar-refractivity contribution in [2.45, 2.75) is 47.0 Å². The minimum Gasteiger partial charge on any atom is -0.614 e. The number of sulfonamides is 1. The van der Waals surface area contributed by atoms with E-state index in [-0.39, 0.29) is 4.83 Å². The van der Waals surface area contributed by atoms with Crippen LogP contribution in [0.5, 0.6) is 0 Å². The zero-order valence-corrected chi connectivity index (χ0v) is 14.0. The van der Waals surface area contributed by atoms with Gasteiger partial charge in [0, 0.05) is 0 Å². The molecule has 0 saturated carbocycles. The summed E-state index contributed by atoms with van der Waals surface area (Å²) < 4.78 is 240. The molecule has 0 aromatic rings. The number of nitrogens with two attached hydrogens (primary N) is 1. The lowest BCUT2D eigenvalue weighted by atomic mass is 9.91. The summed E-state index contributed by atoms with van der Waals surface area (Å²) in [6, 6.07) is 0. The minimum absolute atomic E-state index is 0.316. The fourth-order valence-electron chi connectivity index (χ4n) is 1.46. The first-order valence-electron chi connectivity index (χ1n) is 6.23. The molecule has 5 nitrogen and oxygen atoms in total. The Labute approximate surface area is 157 Å². The molecule has 23 heteroatoms. The van der Waals surface area contributed by atoms with Gasteiger partial charge in [-0.05, 0) is 0 Å². The molecule has 0 aromatic heterocycles. The predicted octanol–water partition coefficient (Wildman–Crippen LogP) is 2.85. The molecule has 0 unspecified atom stereocenters. The number of halogens is 17. The van der Waals surface area contributed by atoms with Crippen molar-refractivity contribution in [2.24, 2.45) is 0 Å². The molecule has 188 valence electrons. The molecule has 0 aliphatic heterocycles. The van der Waals surface area contributed by atoms with Crippen molar-refractivity contribution in [3.05, 3.63) is 5.21 Å². The number of rotatable bonds is 9. The molecule has 0 saturated heterocycles. The van der Waals surface area contributed by atoms with E-state index in [2.05, 4.69) is 0 Å². The number of nitrogens with one attached hydrogen (secondary N) is 1. The minimum atomic E-state index is -8.90. The third-order valence-electron chi connectivity index (χ3n) is 3.23. The van der Waals surface area contributed by atoms with E-state index >= 15 is 0 Å². The summed E-state index contributed by atoms with van der Waals surface area (Å²) in [4.78, 5) is -0.316. The summed E-state index contributed by atoms with van der Waals surface area (Å²) in [7, 11) is -7.52. The van der Waals surface area contributed by atoms with Crippen molar-refractivity contribution < 1.29 is 88.6 Å². The van der Waals surface area contributed by atoms with Gasteiger partial charge >= 0.3 is 57.0 Å². The van der Waals surface area contributed by atoms with Gasteiger partial charge in [-0.15, -0.1) is 0 Å². The number of alkyl halides is 17. The van der Waals surface area contributed by atoms with Gasteiger partial charge in [0.2, 0.25) is 0 Å². The molecule has 0 radical (unpaired) electrons. The second kappa shape index (κ2) is 7.33. The van der Waals surface area contributed by atoms with Gasteiger partial charge < -0.3 is 5.21 Å². The normalized spacial score (nSPS) is 16.6. The summed E-state index contributed by atoms with van der Waals surface area (Å²) >= 11 is 0. The van der Waals surface area contributed by atoms with Crippen LogP contribution in [-0.4, -0.2) is 55.4 Å². The van der Waals surface area contributed by atoms with Crippen LogP contribution in [0.2, 0.25) is 0 Å². The largest absolute Gasteiger partial charge is 0.614 e. The van der Waals surface area contributed by atoms with Crippen molar-refractivity contribution >= 4 is 10.0 Å². The summed E-state index contributed by atoms with van der Waals surface area (Å²) in [6.45, 7) is 0. The van der Waals surface area contributed by atoms with Gasteiger partial charge in [0.05, 0.1) is 0 Å². The Bertz CT molecular complexity index is 773. The fraction of sp³-hybridized carbons (Fsp3) is 1.00. The first kappa shape index (κ1) is 29.6. The van der Waals surface area contributed by atoms with Crippen LogP contribution in [0.4, 0.5) is 74.6 Å². The SMILES string of the molecule is O=S(=O)(N[NH2+][O-])C(F)(F)C(F)(F)C(F)(F)C(F)(F)C(F)(F)C(F)(F)C(F)(F)C(F)(F)F. The van der Waals surface area contributed by atoms with E-state index in [0.717, 1.165) is 0 Å². The summed E-state index contributed by atoms with van der Waals surface area (Å²) in [5, 5.41) is 1.99. The fourth-order valence-corrected chi connectivity index (χ4v) is 2.20. The smallest absolute Gasteiger partial charge is 0.460 e. The zero-order valence-electron chi connectivity index (χ0n) is 13.1. The first-order chi connectivity index (χ1) is 13.1. The Morgan fingerprint density at radius 3 is 1.03 bits per heavy atom. The average molecular weight is 530 g/mol. The Morgan fingerprint density at radius 2 is 0.774 bits per heavy atom. The Balaban J connectivity index is 6.91. The second-order valence-corrected chi connectivity index (χ2v) is 6.96. The van der Waals surface area contributed by atoms with Gasteiger partial charge in [-0.1, -0.05) is 4.83 Å². The maximum atomic E-state index is 13.3. The second-order valence-electron chi connectivity index (χ2n) is 5.20. The lowest BCUT2D eigenvalue weighted by Crippen LogP contribution is -2.90. The average Bonchev–Trinajstić information content (AvgIpc) is 2.52. The molecule has 0 heterocycles. The van der Waals surface area contributed by atoms with Crippen LogP contribution in [0.1, 0.15) is 0 Å². The van der Waals surface area contributed by atoms with Crippen LogP contribution >= 0.6 is 0 Å². The topological polar surface area (TPSA) is 85.8 Å². The highest BCUT2D eigenvalue weighted by molar-refractivity contribution is 7.90. The molecular formula is C8H3F17N2O3S. The summed E-state index contributed by atoms with van der Waals surface area (Å²) in [6.07, 6.45) is -7.89. The molecule has 0 aromatic carbocycles. The van der Waals surface area contributed by atoms with Crippen molar-refractivity contribution in [3.8, 4) is 0 Å². The van der Waals surface area contributed by atoms with Crippen molar-refractivity contribution in [2.75, 3.05) is 0 Å². The Kier molecular flexibility index (Phi) is 7.01. The van der Waals surface area contributed by atoms with Crippen LogP contribution in [0.25, 0.3) is 0 Å². The number of quaternary nitrogens is 1. The first-order valence-corrected chi connectivity index (χ1v) is 7.71. The van der Waals surface area contributed by atoms with Gasteiger partial charge in [0.1, 0.15) is 0 Å². The molecule has 0 rings (SSSR count). The monoisotopic (exact) mass is 530 g/mol. The molecule has 0 spiro atoms. The standard InChI is InChI=1S/C8H3F17N2O3S/c9-1(10,3(13,14)5(17,18)7(21,22)23)2(11,12)4(15,16)6(19,20)8(24,25)31(29,30)27-26-28/h27H,26H2. The summed E-state index contributed by atoms with van der Waals surface area (Å²) in [5.41, 5.74) is -1.47. The predicted molar refractivity (Wildman–Crippen MR) is 58.0 cm³/mol. The van der Waals surface area contributed by atoms with E-state index in [1.807, 2.05) is 0 Å². The maximum absolute atomic E-state index is 13.3. The number of hydrogen-bond acceptors (Lipinski definition) is 3. The molecule has 31 heavy (non-hydrogen) atoms. The van der Waals surface area contributed by atoms with Crippen molar-refractivity contribution in [3.63, 3.8) is 0 Å². The maximum Gasteiger partial charge on any atom is 0.460 e. The van der Waals surface area contributed by atoms with Crippen molar-refractivity contribution in [1.82, 2.24) is 4.83 Å². The van der Waals surface area contributed by atoms with Gasteiger partial charge in [-0.2, -0.15) is 74.6 Å². The van der Waals surface area contributed by atoms with Crippen LogP contribution in [0.3, 0.4) is 0 Å².